The number of carbonyl (C=O) groups excluding carboxylic acids is 1. The zero-order valence-corrected chi connectivity index (χ0v) is 18.5. The Morgan fingerprint density at radius 2 is 1.80 bits per heavy atom. The van der Waals surface area contributed by atoms with Crippen LogP contribution in [-0.4, -0.2) is 18.8 Å². The minimum absolute atomic E-state index is 0.0341. The van der Waals surface area contributed by atoms with Crippen molar-refractivity contribution in [2.75, 3.05) is 17.8 Å². The third-order valence-electron chi connectivity index (χ3n) is 4.74. The maximum absolute atomic E-state index is 12.6. The van der Waals surface area contributed by atoms with Crippen molar-refractivity contribution in [2.24, 2.45) is 0 Å². The lowest BCUT2D eigenvalue weighted by atomic mass is 10.1. The van der Waals surface area contributed by atoms with E-state index in [4.69, 9.17) is 32.7 Å². The Kier molecular flexibility index (Phi) is 6.42. The predicted molar refractivity (Wildman–Crippen MR) is 123 cm³/mol. The molecule has 0 bridgehead atoms. The van der Waals surface area contributed by atoms with E-state index < -0.39 is 0 Å². The summed E-state index contributed by atoms with van der Waals surface area (Å²) in [6.07, 6.45) is 0. The van der Waals surface area contributed by atoms with Crippen LogP contribution < -0.4 is 14.4 Å². The van der Waals surface area contributed by atoms with Crippen molar-refractivity contribution in [2.45, 2.75) is 12.0 Å². The molecule has 1 atom stereocenters. The fourth-order valence-corrected chi connectivity index (χ4v) is 4.86. The summed E-state index contributed by atoms with van der Waals surface area (Å²) in [4.78, 5) is 14.4. The fourth-order valence-electron chi connectivity index (χ4n) is 3.30. The number of methoxy groups -OCH3 is 1. The van der Waals surface area contributed by atoms with Crippen LogP contribution in [-0.2, 0) is 11.4 Å². The Labute approximate surface area is 189 Å². The van der Waals surface area contributed by atoms with Crippen molar-refractivity contribution >= 4 is 46.6 Å². The molecule has 0 aliphatic carbocycles. The van der Waals surface area contributed by atoms with E-state index in [9.17, 15) is 4.79 Å². The maximum Gasteiger partial charge on any atom is 0.238 e. The highest BCUT2D eigenvalue weighted by Crippen LogP contribution is 2.46. The third kappa shape index (κ3) is 4.38. The molecule has 0 radical (unpaired) electrons. The van der Waals surface area contributed by atoms with E-state index in [2.05, 4.69) is 0 Å². The molecule has 1 aliphatic heterocycles. The minimum Gasteiger partial charge on any atom is -0.493 e. The molecule has 4 rings (SSSR count). The topological polar surface area (TPSA) is 38.8 Å². The summed E-state index contributed by atoms with van der Waals surface area (Å²) in [6.45, 7) is 0.379. The molecule has 0 unspecified atom stereocenters. The van der Waals surface area contributed by atoms with Crippen LogP contribution in [0.3, 0.4) is 0 Å². The monoisotopic (exact) mass is 459 g/mol. The van der Waals surface area contributed by atoms with E-state index in [0.717, 1.165) is 16.8 Å². The van der Waals surface area contributed by atoms with Gasteiger partial charge in [-0.1, -0.05) is 53.5 Å². The smallest absolute Gasteiger partial charge is 0.238 e. The molecule has 1 amide bonds. The van der Waals surface area contributed by atoms with Crippen LogP contribution in [0.15, 0.2) is 66.7 Å². The highest BCUT2D eigenvalue weighted by Gasteiger charge is 2.35. The first-order valence-corrected chi connectivity index (χ1v) is 11.1. The number of halogens is 2. The van der Waals surface area contributed by atoms with Crippen LogP contribution in [0.2, 0.25) is 10.0 Å². The van der Waals surface area contributed by atoms with Gasteiger partial charge in [0.1, 0.15) is 12.0 Å². The Hall–Kier alpha value is -2.34. The highest BCUT2D eigenvalue weighted by atomic mass is 35.5. The van der Waals surface area contributed by atoms with Crippen LogP contribution in [0.4, 0.5) is 5.69 Å². The number of amides is 1. The normalized spacial score (nSPS) is 16.0. The molecule has 4 nitrogen and oxygen atoms in total. The Bertz CT molecular complexity index is 1040. The van der Waals surface area contributed by atoms with E-state index in [1.165, 1.54) is 0 Å². The van der Waals surface area contributed by atoms with Crippen molar-refractivity contribution in [3.05, 3.63) is 87.9 Å². The molecule has 3 aromatic carbocycles. The van der Waals surface area contributed by atoms with E-state index in [-0.39, 0.29) is 11.3 Å². The first-order valence-electron chi connectivity index (χ1n) is 9.30. The van der Waals surface area contributed by atoms with Crippen molar-refractivity contribution in [1.29, 1.82) is 0 Å². The Morgan fingerprint density at radius 1 is 1.07 bits per heavy atom. The highest BCUT2D eigenvalue weighted by molar-refractivity contribution is 8.00. The zero-order valence-electron chi connectivity index (χ0n) is 16.2. The van der Waals surface area contributed by atoms with E-state index in [1.807, 2.05) is 54.6 Å². The molecule has 0 spiro atoms. The zero-order chi connectivity index (χ0) is 21.1. The quantitative estimate of drug-likeness (QED) is 0.429. The standard InChI is InChI=1S/C23H19Cl2NO3S/c1-28-20-12-16(11-19(25)22(20)29-13-15-5-3-2-4-6-15)23-26(21(27)14-30-23)18-9-7-17(24)8-10-18/h2-12,23H,13-14H2,1H3/t23-/m0/s1. The van der Waals surface area contributed by atoms with Crippen molar-refractivity contribution in [3.8, 4) is 11.5 Å². The lowest BCUT2D eigenvalue weighted by Gasteiger charge is -2.25. The first-order chi connectivity index (χ1) is 14.6. The minimum atomic E-state index is -0.215. The molecule has 1 saturated heterocycles. The number of hydrogen-bond acceptors (Lipinski definition) is 4. The van der Waals surface area contributed by atoms with Crippen molar-refractivity contribution in [1.82, 2.24) is 0 Å². The van der Waals surface area contributed by atoms with E-state index >= 15 is 0 Å². The molecule has 7 heteroatoms. The summed E-state index contributed by atoms with van der Waals surface area (Å²) >= 11 is 14.1. The van der Waals surface area contributed by atoms with Gasteiger partial charge in [0.15, 0.2) is 11.5 Å². The predicted octanol–water partition coefficient (Wildman–Crippen LogP) is 6.36. The number of thioether (sulfide) groups is 1. The molecule has 1 aliphatic rings. The Balaban J connectivity index is 1.63. The van der Waals surface area contributed by atoms with Crippen LogP contribution in [0, 0.1) is 0 Å². The SMILES string of the molecule is COc1cc([C@@H]2SCC(=O)N2c2ccc(Cl)cc2)cc(Cl)c1OCc1ccccc1. The average Bonchev–Trinajstić information content (AvgIpc) is 3.15. The second kappa shape index (κ2) is 9.21. The molecular formula is C23H19Cl2NO3S. The summed E-state index contributed by atoms with van der Waals surface area (Å²) in [5.41, 5.74) is 2.69. The van der Waals surface area contributed by atoms with Gasteiger partial charge in [0.05, 0.1) is 17.9 Å². The average molecular weight is 460 g/mol. The van der Waals surface area contributed by atoms with E-state index in [1.54, 1.807) is 35.9 Å². The second-order valence-electron chi connectivity index (χ2n) is 6.71. The molecule has 1 heterocycles. The summed E-state index contributed by atoms with van der Waals surface area (Å²) in [6, 6.07) is 20.8. The second-order valence-corrected chi connectivity index (χ2v) is 8.62. The van der Waals surface area contributed by atoms with Crippen LogP contribution in [0.25, 0.3) is 0 Å². The molecule has 1 fully saturated rings. The fraction of sp³-hybridized carbons (Fsp3) is 0.174. The molecule has 0 N–H and O–H groups in total. The van der Waals surface area contributed by atoms with Gasteiger partial charge < -0.3 is 9.47 Å². The lowest BCUT2D eigenvalue weighted by Crippen LogP contribution is -2.27. The van der Waals surface area contributed by atoms with Gasteiger partial charge in [-0.2, -0.15) is 0 Å². The number of carbonyl (C=O) groups is 1. The van der Waals surface area contributed by atoms with Gasteiger partial charge in [0.2, 0.25) is 5.91 Å². The Morgan fingerprint density at radius 3 is 2.50 bits per heavy atom. The van der Waals surface area contributed by atoms with Gasteiger partial charge in [-0.15, -0.1) is 11.8 Å². The summed E-state index contributed by atoms with van der Waals surface area (Å²) in [5.74, 6) is 1.44. The van der Waals surface area contributed by atoms with Gasteiger partial charge in [-0.3, -0.25) is 9.69 Å². The summed E-state index contributed by atoms with van der Waals surface area (Å²) in [7, 11) is 1.58. The number of ether oxygens (including phenoxy) is 2. The third-order valence-corrected chi connectivity index (χ3v) is 6.48. The van der Waals surface area contributed by atoms with Gasteiger partial charge in [-0.25, -0.2) is 0 Å². The van der Waals surface area contributed by atoms with Crippen molar-refractivity contribution in [3.63, 3.8) is 0 Å². The number of anilines is 1. The maximum atomic E-state index is 12.6. The molecule has 3 aromatic rings. The van der Waals surface area contributed by atoms with Crippen LogP contribution in [0.5, 0.6) is 11.5 Å². The number of nitrogens with zero attached hydrogens (tertiary/aromatic N) is 1. The molecular weight excluding hydrogens is 441 g/mol. The molecule has 30 heavy (non-hydrogen) atoms. The van der Waals surface area contributed by atoms with Crippen molar-refractivity contribution < 1.29 is 14.3 Å². The molecule has 154 valence electrons. The molecule has 0 saturated carbocycles. The number of hydrogen-bond donors (Lipinski definition) is 0. The van der Waals surface area contributed by atoms with Gasteiger partial charge in [0.25, 0.3) is 0 Å². The van der Waals surface area contributed by atoms with E-state index in [0.29, 0.717) is 33.9 Å². The largest absolute Gasteiger partial charge is 0.493 e. The van der Waals surface area contributed by atoms with Gasteiger partial charge in [-0.05, 0) is 47.5 Å². The number of benzene rings is 3. The lowest BCUT2D eigenvalue weighted by molar-refractivity contribution is -0.115. The summed E-state index contributed by atoms with van der Waals surface area (Å²) < 4.78 is 11.5. The van der Waals surface area contributed by atoms with Gasteiger partial charge in [0, 0.05) is 10.7 Å². The summed E-state index contributed by atoms with van der Waals surface area (Å²) in [5, 5.41) is 0.851. The van der Waals surface area contributed by atoms with Crippen LogP contribution >= 0.6 is 35.0 Å². The van der Waals surface area contributed by atoms with Gasteiger partial charge >= 0.3 is 0 Å². The molecule has 0 aromatic heterocycles. The number of rotatable bonds is 6. The van der Waals surface area contributed by atoms with Crippen LogP contribution in [0.1, 0.15) is 16.5 Å². The first kappa shape index (κ1) is 20.9.